The van der Waals surface area contributed by atoms with E-state index in [1.165, 1.54) is 5.56 Å². The van der Waals surface area contributed by atoms with Gasteiger partial charge in [0.1, 0.15) is 0 Å². The Bertz CT molecular complexity index is 337. The van der Waals surface area contributed by atoms with E-state index < -0.39 is 9.28 Å². The average molecular weight is 280 g/mol. The van der Waals surface area contributed by atoms with Crippen molar-refractivity contribution in [1.29, 1.82) is 0 Å². The van der Waals surface area contributed by atoms with Crippen LogP contribution in [0.4, 0.5) is 5.69 Å². The van der Waals surface area contributed by atoms with Crippen molar-refractivity contribution in [2.24, 2.45) is 0 Å². The van der Waals surface area contributed by atoms with Crippen LogP contribution in [0, 0.1) is 0 Å². The number of anilines is 1. The normalized spacial score (nSPS) is 11.1. The topological polar surface area (TPSA) is 44.5 Å². The molecule has 107 valence electrons. The molecule has 0 saturated carbocycles. The lowest BCUT2D eigenvalue weighted by atomic mass is 10.2. The average Bonchev–Trinajstić information content (AvgIpc) is 2.39. The van der Waals surface area contributed by atoms with E-state index in [4.69, 9.17) is 14.6 Å². The Kier molecular flexibility index (Phi) is 8.54. The first-order valence-electron chi connectivity index (χ1n) is 7.22. The van der Waals surface area contributed by atoms with E-state index in [-0.39, 0.29) is 0 Å². The lowest BCUT2D eigenvalue weighted by Gasteiger charge is -2.15. The summed E-state index contributed by atoms with van der Waals surface area (Å²) in [6.07, 6.45) is 4.51. The fraction of sp³-hybridized carbons (Fsp3) is 0.600. The molecule has 1 radical (unpaired) electrons. The fourth-order valence-corrected chi connectivity index (χ4v) is 3.26. The van der Waals surface area contributed by atoms with Crippen molar-refractivity contribution in [3.63, 3.8) is 0 Å². The maximum Gasteiger partial charge on any atom is 0.389 e. The number of hydrogen-bond acceptors (Lipinski definition) is 3. The summed E-state index contributed by atoms with van der Waals surface area (Å²) >= 11 is 0. The molecule has 3 nitrogen and oxygen atoms in total. The third-order valence-corrected chi connectivity index (χ3v) is 4.57. The molecule has 1 aromatic rings. The van der Waals surface area contributed by atoms with Gasteiger partial charge in [-0.25, -0.2) is 0 Å². The van der Waals surface area contributed by atoms with Gasteiger partial charge in [0, 0.05) is 24.9 Å². The van der Waals surface area contributed by atoms with Crippen LogP contribution in [0.15, 0.2) is 24.3 Å². The van der Waals surface area contributed by atoms with Gasteiger partial charge in [0.05, 0.1) is 0 Å². The fourth-order valence-electron chi connectivity index (χ4n) is 1.67. The Balaban J connectivity index is 2.46. The number of hydrogen-bond donors (Lipinski definition) is 1. The number of nitrogen functional groups attached to an aromatic ring is 1. The standard InChI is InChI=1S/C15H26NO2Si/c1-3-5-10-17-19(18-11-6-4-2)13-14-8-7-9-15(16)12-14/h7-9,12H,3-6,10-11,13,16H2,1-2H3. The zero-order valence-corrected chi connectivity index (χ0v) is 13.2. The van der Waals surface area contributed by atoms with Gasteiger partial charge in [-0.15, -0.1) is 0 Å². The Morgan fingerprint density at radius 2 is 1.68 bits per heavy atom. The minimum atomic E-state index is -1.21. The highest BCUT2D eigenvalue weighted by molar-refractivity contribution is 6.43. The van der Waals surface area contributed by atoms with Gasteiger partial charge < -0.3 is 14.6 Å². The molecule has 19 heavy (non-hydrogen) atoms. The molecular formula is C15H26NO2Si. The van der Waals surface area contributed by atoms with E-state index in [9.17, 15) is 0 Å². The number of rotatable bonds is 10. The Labute approximate surface area is 119 Å². The molecule has 1 aromatic carbocycles. The largest absolute Gasteiger partial charge is 0.399 e. The highest BCUT2D eigenvalue weighted by Gasteiger charge is 2.16. The van der Waals surface area contributed by atoms with Crippen molar-refractivity contribution in [2.45, 2.75) is 45.6 Å². The lowest BCUT2D eigenvalue weighted by Crippen LogP contribution is -2.27. The predicted molar refractivity (Wildman–Crippen MR) is 82.0 cm³/mol. The summed E-state index contributed by atoms with van der Waals surface area (Å²) in [5, 5.41) is 0. The molecule has 0 fully saturated rings. The summed E-state index contributed by atoms with van der Waals surface area (Å²) in [7, 11) is -1.21. The van der Waals surface area contributed by atoms with Crippen LogP contribution in [-0.4, -0.2) is 22.5 Å². The van der Waals surface area contributed by atoms with E-state index in [0.29, 0.717) is 0 Å². The summed E-state index contributed by atoms with van der Waals surface area (Å²) in [6, 6.07) is 8.86. The summed E-state index contributed by atoms with van der Waals surface area (Å²) < 4.78 is 11.8. The van der Waals surface area contributed by atoms with E-state index in [1.54, 1.807) is 0 Å². The van der Waals surface area contributed by atoms with Gasteiger partial charge in [-0.05, 0) is 30.5 Å². The second-order valence-corrected chi connectivity index (χ2v) is 6.37. The predicted octanol–water partition coefficient (Wildman–Crippen LogP) is 3.47. The van der Waals surface area contributed by atoms with Gasteiger partial charge >= 0.3 is 9.28 Å². The van der Waals surface area contributed by atoms with E-state index >= 15 is 0 Å². The van der Waals surface area contributed by atoms with Crippen molar-refractivity contribution >= 4 is 15.0 Å². The van der Waals surface area contributed by atoms with Crippen LogP contribution in [-0.2, 0) is 14.9 Å². The van der Waals surface area contributed by atoms with Crippen molar-refractivity contribution in [1.82, 2.24) is 0 Å². The minimum absolute atomic E-state index is 0.805. The van der Waals surface area contributed by atoms with Crippen LogP contribution < -0.4 is 5.73 Å². The summed E-state index contributed by atoms with van der Waals surface area (Å²) in [5.74, 6) is 0. The SMILES string of the molecule is CCCCO[Si](Cc1cccc(N)c1)OCCCC. The first-order chi connectivity index (χ1) is 9.26. The first kappa shape index (κ1) is 16.2. The van der Waals surface area contributed by atoms with Crippen molar-refractivity contribution < 1.29 is 8.85 Å². The second-order valence-electron chi connectivity index (χ2n) is 4.70. The van der Waals surface area contributed by atoms with Crippen molar-refractivity contribution in [2.75, 3.05) is 18.9 Å². The first-order valence-corrected chi connectivity index (χ1v) is 8.74. The van der Waals surface area contributed by atoms with Crippen molar-refractivity contribution in [3.8, 4) is 0 Å². The zero-order chi connectivity index (χ0) is 13.9. The molecule has 2 N–H and O–H groups in total. The highest BCUT2D eigenvalue weighted by Crippen LogP contribution is 2.10. The molecule has 0 aliphatic carbocycles. The van der Waals surface area contributed by atoms with Gasteiger partial charge in [-0.2, -0.15) is 0 Å². The van der Waals surface area contributed by atoms with E-state index in [1.807, 2.05) is 18.2 Å². The third kappa shape index (κ3) is 7.35. The number of unbranched alkanes of at least 4 members (excludes halogenated alkanes) is 2. The quantitative estimate of drug-likeness (QED) is 0.405. The van der Waals surface area contributed by atoms with Crippen LogP contribution >= 0.6 is 0 Å². The minimum Gasteiger partial charge on any atom is -0.399 e. The van der Waals surface area contributed by atoms with Crippen LogP contribution in [0.5, 0.6) is 0 Å². The van der Waals surface area contributed by atoms with Crippen LogP contribution in [0.3, 0.4) is 0 Å². The number of nitrogens with two attached hydrogens (primary N) is 1. The van der Waals surface area contributed by atoms with Gasteiger partial charge in [0.2, 0.25) is 0 Å². The third-order valence-electron chi connectivity index (χ3n) is 2.82. The Morgan fingerprint density at radius 1 is 1.05 bits per heavy atom. The van der Waals surface area contributed by atoms with Gasteiger partial charge in [0.15, 0.2) is 0 Å². The number of benzene rings is 1. The van der Waals surface area contributed by atoms with E-state index in [0.717, 1.165) is 50.6 Å². The van der Waals surface area contributed by atoms with Crippen LogP contribution in [0.25, 0.3) is 0 Å². The Hall–Kier alpha value is -0.843. The zero-order valence-electron chi connectivity index (χ0n) is 12.2. The van der Waals surface area contributed by atoms with Gasteiger partial charge in [-0.3, -0.25) is 0 Å². The molecule has 0 amide bonds. The van der Waals surface area contributed by atoms with Crippen LogP contribution in [0.2, 0.25) is 0 Å². The molecule has 4 heteroatoms. The monoisotopic (exact) mass is 280 g/mol. The summed E-state index contributed by atoms with van der Waals surface area (Å²) in [4.78, 5) is 0. The van der Waals surface area contributed by atoms with E-state index in [2.05, 4.69) is 19.9 Å². The summed E-state index contributed by atoms with van der Waals surface area (Å²) in [6.45, 7) is 5.95. The molecule has 0 aromatic heterocycles. The molecule has 0 unspecified atom stereocenters. The molecule has 0 atom stereocenters. The molecular weight excluding hydrogens is 254 g/mol. The maximum atomic E-state index is 5.91. The molecule has 0 bridgehead atoms. The molecule has 0 aliphatic rings. The van der Waals surface area contributed by atoms with Gasteiger partial charge in [-0.1, -0.05) is 38.8 Å². The van der Waals surface area contributed by atoms with Gasteiger partial charge in [0.25, 0.3) is 0 Å². The molecule has 0 aliphatic heterocycles. The summed E-state index contributed by atoms with van der Waals surface area (Å²) in [5.41, 5.74) is 7.82. The maximum absolute atomic E-state index is 5.91. The van der Waals surface area contributed by atoms with Crippen LogP contribution in [0.1, 0.15) is 45.1 Å². The second kappa shape index (κ2) is 10.0. The molecule has 0 saturated heterocycles. The molecule has 1 rings (SSSR count). The Morgan fingerprint density at radius 3 is 2.21 bits per heavy atom. The molecule has 0 heterocycles. The lowest BCUT2D eigenvalue weighted by molar-refractivity contribution is 0.191. The highest BCUT2D eigenvalue weighted by atomic mass is 28.3. The smallest absolute Gasteiger partial charge is 0.389 e. The molecule has 0 spiro atoms. The van der Waals surface area contributed by atoms with Crippen molar-refractivity contribution in [3.05, 3.63) is 29.8 Å².